The number of aryl methyl sites for hydroxylation is 1. The fourth-order valence-electron chi connectivity index (χ4n) is 2.83. The van der Waals surface area contributed by atoms with Gasteiger partial charge in [-0.05, 0) is 49.4 Å². The SMILES string of the molecule is Cc1ccc(S(=O)Nc2nc3ccccc3nc2Nc2cccc(C(=O)O)c2)cc1. The Morgan fingerprint density at radius 1 is 0.900 bits per heavy atom. The third-order valence-electron chi connectivity index (χ3n) is 4.37. The molecule has 0 bridgehead atoms. The molecule has 4 aromatic rings. The Kier molecular flexibility index (Phi) is 5.40. The van der Waals surface area contributed by atoms with E-state index in [4.69, 9.17) is 0 Å². The van der Waals surface area contributed by atoms with Gasteiger partial charge in [-0.25, -0.2) is 19.0 Å². The summed E-state index contributed by atoms with van der Waals surface area (Å²) in [6, 6.07) is 21.1. The van der Waals surface area contributed by atoms with Gasteiger partial charge < -0.3 is 10.4 Å². The molecular formula is C22H18N4O3S. The van der Waals surface area contributed by atoms with Crippen LogP contribution in [0.25, 0.3) is 11.0 Å². The molecule has 150 valence electrons. The van der Waals surface area contributed by atoms with Crippen molar-refractivity contribution < 1.29 is 14.1 Å². The van der Waals surface area contributed by atoms with Crippen LogP contribution in [-0.2, 0) is 11.0 Å². The minimum atomic E-state index is -1.55. The molecule has 1 atom stereocenters. The number of carboxylic acid groups (broad SMARTS) is 1. The lowest BCUT2D eigenvalue weighted by Gasteiger charge is -2.13. The summed E-state index contributed by atoms with van der Waals surface area (Å²) in [5.74, 6) is -0.382. The van der Waals surface area contributed by atoms with E-state index in [1.165, 1.54) is 12.1 Å². The summed E-state index contributed by atoms with van der Waals surface area (Å²) < 4.78 is 15.8. The summed E-state index contributed by atoms with van der Waals surface area (Å²) in [7, 11) is -1.55. The van der Waals surface area contributed by atoms with E-state index in [9.17, 15) is 14.1 Å². The highest BCUT2D eigenvalue weighted by atomic mass is 32.2. The monoisotopic (exact) mass is 418 g/mol. The van der Waals surface area contributed by atoms with Crippen molar-refractivity contribution in [3.05, 3.63) is 83.9 Å². The molecule has 4 rings (SSSR count). The predicted octanol–water partition coefficient (Wildman–Crippen LogP) is 4.51. The van der Waals surface area contributed by atoms with Crippen LogP contribution in [0.2, 0.25) is 0 Å². The number of rotatable bonds is 6. The van der Waals surface area contributed by atoms with Gasteiger partial charge in [-0.2, -0.15) is 0 Å². The first-order valence-electron chi connectivity index (χ1n) is 9.12. The average Bonchev–Trinajstić information content (AvgIpc) is 2.74. The fraction of sp³-hybridized carbons (Fsp3) is 0.0455. The van der Waals surface area contributed by atoms with Gasteiger partial charge in [0.05, 0.1) is 21.5 Å². The van der Waals surface area contributed by atoms with E-state index >= 15 is 0 Å². The van der Waals surface area contributed by atoms with Gasteiger partial charge >= 0.3 is 5.97 Å². The van der Waals surface area contributed by atoms with E-state index in [0.717, 1.165) is 5.56 Å². The molecule has 8 heteroatoms. The maximum atomic E-state index is 12.8. The highest BCUT2D eigenvalue weighted by Crippen LogP contribution is 2.26. The zero-order valence-corrected chi connectivity index (χ0v) is 16.8. The Morgan fingerprint density at radius 3 is 2.23 bits per heavy atom. The van der Waals surface area contributed by atoms with Crippen LogP contribution in [0.4, 0.5) is 17.3 Å². The normalized spacial score (nSPS) is 11.8. The molecule has 0 saturated carbocycles. The van der Waals surface area contributed by atoms with E-state index in [0.29, 0.717) is 33.3 Å². The number of benzene rings is 3. The van der Waals surface area contributed by atoms with Crippen molar-refractivity contribution in [1.29, 1.82) is 0 Å². The van der Waals surface area contributed by atoms with Crippen molar-refractivity contribution in [1.82, 2.24) is 9.97 Å². The third kappa shape index (κ3) is 4.28. The van der Waals surface area contributed by atoms with Crippen LogP contribution < -0.4 is 10.0 Å². The number of hydrogen-bond acceptors (Lipinski definition) is 5. The van der Waals surface area contributed by atoms with Crippen LogP contribution in [-0.4, -0.2) is 25.3 Å². The lowest BCUT2D eigenvalue weighted by Crippen LogP contribution is -2.10. The van der Waals surface area contributed by atoms with Crippen molar-refractivity contribution >= 4 is 45.3 Å². The lowest BCUT2D eigenvalue weighted by molar-refractivity contribution is 0.0697. The first-order valence-corrected chi connectivity index (χ1v) is 10.3. The topological polar surface area (TPSA) is 104 Å². The number of aromatic carboxylic acids is 1. The summed E-state index contributed by atoms with van der Waals surface area (Å²) in [4.78, 5) is 21.0. The molecule has 0 saturated heterocycles. The largest absolute Gasteiger partial charge is 0.478 e. The fourth-order valence-corrected chi connectivity index (χ4v) is 3.65. The van der Waals surface area contributed by atoms with Crippen LogP contribution in [0.15, 0.2) is 77.7 Å². The number of aromatic nitrogens is 2. The Balaban J connectivity index is 1.72. The average molecular weight is 418 g/mol. The van der Waals surface area contributed by atoms with Gasteiger partial charge in [-0.15, -0.1) is 0 Å². The number of anilines is 3. The molecular weight excluding hydrogens is 400 g/mol. The van der Waals surface area contributed by atoms with Crippen LogP contribution in [0, 0.1) is 6.92 Å². The van der Waals surface area contributed by atoms with Gasteiger partial charge in [0.25, 0.3) is 0 Å². The number of carbonyl (C=O) groups is 1. The van der Waals surface area contributed by atoms with Gasteiger partial charge in [0, 0.05) is 5.69 Å². The molecule has 1 heterocycles. The number of carboxylic acids is 1. The maximum Gasteiger partial charge on any atom is 0.335 e. The minimum absolute atomic E-state index is 0.145. The maximum absolute atomic E-state index is 12.8. The van der Waals surface area contributed by atoms with E-state index in [2.05, 4.69) is 20.0 Å². The summed E-state index contributed by atoms with van der Waals surface area (Å²) in [5.41, 5.74) is 3.05. The van der Waals surface area contributed by atoms with Crippen LogP contribution in [0.1, 0.15) is 15.9 Å². The molecule has 0 aliphatic carbocycles. The van der Waals surface area contributed by atoms with Gasteiger partial charge in [-0.1, -0.05) is 35.9 Å². The van der Waals surface area contributed by atoms with Gasteiger partial charge in [-0.3, -0.25) is 4.72 Å². The van der Waals surface area contributed by atoms with Crippen LogP contribution in [0.3, 0.4) is 0 Å². The van der Waals surface area contributed by atoms with E-state index in [1.54, 1.807) is 24.3 Å². The smallest absolute Gasteiger partial charge is 0.335 e. The van der Waals surface area contributed by atoms with E-state index in [-0.39, 0.29) is 5.56 Å². The summed E-state index contributed by atoms with van der Waals surface area (Å²) >= 11 is 0. The summed E-state index contributed by atoms with van der Waals surface area (Å²) in [5, 5.41) is 12.3. The molecule has 0 aliphatic heterocycles. The van der Waals surface area contributed by atoms with Crippen molar-refractivity contribution in [2.45, 2.75) is 11.8 Å². The molecule has 3 N–H and O–H groups in total. The second kappa shape index (κ2) is 8.30. The highest BCUT2D eigenvalue weighted by molar-refractivity contribution is 7.86. The Morgan fingerprint density at radius 2 is 1.57 bits per heavy atom. The zero-order chi connectivity index (χ0) is 21.1. The van der Waals surface area contributed by atoms with E-state index < -0.39 is 17.0 Å². The second-order valence-corrected chi connectivity index (χ2v) is 7.82. The zero-order valence-electron chi connectivity index (χ0n) is 16.0. The summed E-state index contributed by atoms with van der Waals surface area (Å²) in [6.45, 7) is 1.96. The quantitative estimate of drug-likeness (QED) is 0.425. The Bertz CT molecular complexity index is 1260. The second-order valence-electron chi connectivity index (χ2n) is 6.60. The molecule has 1 unspecified atom stereocenters. The van der Waals surface area contributed by atoms with Crippen molar-refractivity contribution in [2.75, 3.05) is 10.0 Å². The highest BCUT2D eigenvalue weighted by Gasteiger charge is 2.14. The Hall–Kier alpha value is -3.78. The van der Waals surface area contributed by atoms with Gasteiger partial charge in [0.1, 0.15) is 0 Å². The number of fused-ring (bicyclic) bond motifs is 1. The lowest BCUT2D eigenvalue weighted by atomic mass is 10.2. The van der Waals surface area contributed by atoms with Gasteiger partial charge in [0.2, 0.25) is 0 Å². The molecule has 0 amide bonds. The first kappa shape index (κ1) is 19.5. The van der Waals surface area contributed by atoms with Crippen LogP contribution >= 0.6 is 0 Å². The first-order chi connectivity index (χ1) is 14.5. The Labute approximate surface area is 175 Å². The standard InChI is InChI=1S/C22H18N4O3S/c1-14-9-11-17(12-10-14)30(29)26-21-20(24-18-7-2-3-8-19(18)25-21)23-16-6-4-5-15(13-16)22(27)28/h2-13H,1H3,(H,23,24)(H,25,26)(H,27,28). The molecule has 7 nitrogen and oxygen atoms in total. The number of hydrogen-bond donors (Lipinski definition) is 3. The van der Waals surface area contributed by atoms with E-state index in [1.807, 2.05) is 43.3 Å². The number of para-hydroxylation sites is 2. The molecule has 0 radical (unpaired) electrons. The molecule has 1 aromatic heterocycles. The van der Waals surface area contributed by atoms with Crippen molar-refractivity contribution in [3.63, 3.8) is 0 Å². The number of nitrogens with zero attached hydrogens (tertiary/aromatic N) is 2. The molecule has 0 fully saturated rings. The van der Waals surface area contributed by atoms with Crippen molar-refractivity contribution in [3.8, 4) is 0 Å². The molecule has 3 aromatic carbocycles. The molecule has 30 heavy (non-hydrogen) atoms. The van der Waals surface area contributed by atoms with Crippen LogP contribution in [0.5, 0.6) is 0 Å². The van der Waals surface area contributed by atoms with Crippen molar-refractivity contribution in [2.24, 2.45) is 0 Å². The molecule has 0 spiro atoms. The number of nitrogens with one attached hydrogen (secondary N) is 2. The third-order valence-corrected chi connectivity index (χ3v) is 5.45. The summed E-state index contributed by atoms with van der Waals surface area (Å²) in [6.07, 6.45) is 0. The van der Waals surface area contributed by atoms with Gasteiger partial charge in [0.15, 0.2) is 22.6 Å². The molecule has 0 aliphatic rings. The minimum Gasteiger partial charge on any atom is -0.478 e. The predicted molar refractivity (Wildman–Crippen MR) is 117 cm³/mol.